The summed E-state index contributed by atoms with van der Waals surface area (Å²) in [5, 5.41) is 0. The van der Waals surface area contributed by atoms with E-state index in [1.165, 1.54) is 0 Å². The Labute approximate surface area is 186 Å². The summed E-state index contributed by atoms with van der Waals surface area (Å²) in [4.78, 5) is 31.5. The highest BCUT2D eigenvalue weighted by Crippen LogP contribution is 2.40. The Balaban J connectivity index is 2.31. The number of unbranched alkanes of at least 4 members (excludes halogenated alkanes) is 2. The van der Waals surface area contributed by atoms with Gasteiger partial charge in [-0.2, -0.15) is 0 Å². The van der Waals surface area contributed by atoms with Crippen molar-refractivity contribution >= 4 is 11.9 Å². The molecule has 0 fully saturated rings. The normalized spacial score (nSPS) is 11.5. The molecule has 172 valence electrons. The van der Waals surface area contributed by atoms with Gasteiger partial charge in [0.2, 0.25) is 0 Å². The van der Waals surface area contributed by atoms with Crippen molar-refractivity contribution < 1.29 is 19.1 Å². The second kappa shape index (κ2) is 12.4. The van der Waals surface area contributed by atoms with Crippen molar-refractivity contribution in [3.8, 4) is 0 Å². The number of hydrogen-bond acceptors (Lipinski definition) is 4. The lowest BCUT2D eigenvalue weighted by molar-refractivity contribution is 0.0484. The number of rotatable bonds is 14. The maximum absolute atomic E-state index is 12.4. The Morgan fingerprint density at radius 1 is 0.710 bits per heavy atom. The molecule has 0 unspecified atom stereocenters. The maximum atomic E-state index is 12.4. The third-order valence-electron chi connectivity index (χ3n) is 5.66. The summed E-state index contributed by atoms with van der Waals surface area (Å²) < 4.78 is 10.7. The van der Waals surface area contributed by atoms with Gasteiger partial charge >= 0.3 is 11.9 Å². The Morgan fingerprint density at radius 3 is 1.48 bits per heavy atom. The first kappa shape index (κ1) is 24.8. The van der Waals surface area contributed by atoms with Gasteiger partial charge in [-0.25, -0.2) is 9.59 Å². The minimum absolute atomic E-state index is 0.326. The van der Waals surface area contributed by atoms with Crippen molar-refractivity contribution in [2.24, 2.45) is 0 Å². The van der Waals surface area contributed by atoms with Crippen LogP contribution >= 0.6 is 0 Å². The predicted molar refractivity (Wildman–Crippen MR) is 123 cm³/mol. The molecule has 2 N–H and O–H groups in total. The number of ether oxygens (including phenoxy) is 2. The van der Waals surface area contributed by atoms with Gasteiger partial charge in [0, 0.05) is 11.4 Å². The van der Waals surface area contributed by atoms with Crippen LogP contribution in [0.5, 0.6) is 0 Å². The SMILES string of the molecule is CCCCOC(=O)c1ccc(C(CCC)(CCC)c2ccc(C(=O)OCCCC)[nH]2)[nH]1. The van der Waals surface area contributed by atoms with Crippen molar-refractivity contribution in [3.63, 3.8) is 0 Å². The van der Waals surface area contributed by atoms with Crippen molar-refractivity contribution in [1.82, 2.24) is 9.97 Å². The maximum Gasteiger partial charge on any atom is 0.354 e. The van der Waals surface area contributed by atoms with E-state index < -0.39 is 0 Å². The number of hydrogen-bond donors (Lipinski definition) is 2. The van der Waals surface area contributed by atoms with Crippen LogP contribution in [-0.4, -0.2) is 35.1 Å². The zero-order chi connectivity index (χ0) is 22.7. The lowest BCUT2D eigenvalue weighted by atomic mass is 9.74. The Bertz CT molecular complexity index is 753. The first-order chi connectivity index (χ1) is 15.0. The molecule has 0 saturated carbocycles. The summed E-state index contributed by atoms with van der Waals surface area (Å²) in [5.74, 6) is -0.651. The summed E-state index contributed by atoms with van der Waals surface area (Å²) >= 11 is 0. The van der Waals surface area contributed by atoms with Gasteiger partial charge < -0.3 is 19.4 Å². The summed E-state index contributed by atoms with van der Waals surface area (Å²) in [6, 6.07) is 7.54. The molecule has 0 radical (unpaired) electrons. The van der Waals surface area contributed by atoms with E-state index in [4.69, 9.17) is 9.47 Å². The van der Waals surface area contributed by atoms with Crippen molar-refractivity contribution in [2.45, 2.75) is 84.5 Å². The van der Waals surface area contributed by atoms with Gasteiger partial charge in [0.1, 0.15) is 11.4 Å². The van der Waals surface area contributed by atoms with E-state index in [1.54, 1.807) is 12.1 Å². The molecule has 31 heavy (non-hydrogen) atoms. The topological polar surface area (TPSA) is 84.2 Å². The molecule has 2 rings (SSSR count). The van der Waals surface area contributed by atoms with Crippen LogP contribution in [-0.2, 0) is 14.9 Å². The quantitative estimate of drug-likeness (QED) is 0.278. The fraction of sp³-hybridized carbons (Fsp3) is 0.600. The van der Waals surface area contributed by atoms with Crippen LogP contribution in [0.15, 0.2) is 24.3 Å². The smallest absolute Gasteiger partial charge is 0.354 e. The van der Waals surface area contributed by atoms with Crippen LogP contribution in [0.4, 0.5) is 0 Å². The standard InChI is InChI=1S/C25H38N2O4/c1-5-9-17-30-23(28)19-11-13-21(26-19)25(15-7-3,16-8-4)22-14-12-20(27-22)24(29)31-18-10-6-2/h11-14,26-27H,5-10,15-18H2,1-4H3. The summed E-state index contributed by atoms with van der Waals surface area (Å²) in [6.07, 6.45) is 7.37. The highest BCUT2D eigenvalue weighted by molar-refractivity contribution is 5.88. The second-order valence-electron chi connectivity index (χ2n) is 8.13. The summed E-state index contributed by atoms with van der Waals surface area (Å²) in [7, 11) is 0. The van der Waals surface area contributed by atoms with Gasteiger partial charge in [-0.3, -0.25) is 0 Å². The van der Waals surface area contributed by atoms with E-state index in [0.29, 0.717) is 24.6 Å². The largest absolute Gasteiger partial charge is 0.461 e. The highest BCUT2D eigenvalue weighted by Gasteiger charge is 2.36. The molecule has 0 saturated heterocycles. The lowest BCUT2D eigenvalue weighted by Crippen LogP contribution is -2.29. The minimum atomic E-state index is -0.340. The third-order valence-corrected chi connectivity index (χ3v) is 5.66. The van der Waals surface area contributed by atoms with Crippen LogP contribution in [0, 0.1) is 0 Å². The van der Waals surface area contributed by atoms with Crippen molar-refractivity contribution in [2.75, 3.05) is 13.2 Å². The number of aromatic nitrogens is 2. The van der Waals surface area contributed by atoms with Crippen molar-refractivity contribution in [3.05, 3.63) is 47.0 Å². The Hall–Kier alpha value is -2.50. The first-order valence-corrected chi connectivity index (χ1v) is 11.8. The molecule has 6 heteroatoms. The van der Waals surface area contributed by atoms with Crippen LogP contribution < -0.4 is 0 Å². The van der Waals surface area contributed by atoms with Crippen LogP contribution in [0.1, 0.15) is 111 Å². The van der Waals surface area contributed by atoms with E-state index in [-0.39, 0.29) is 17.4 Å². The van der Waals surface area contributed by atoms with Gasteiger partial charge in [-0.1, -0.05) is 53.4 Å². The fourth-order valence-electron chi connectivity index (χ4n) is 4.02. The molecular formula is C25H38N2O4. The number of carbonyl (C=O) groups is 2. The Morgan fingerprint density at radius 2 is 1.13 bits per heavy atom. The van der Waals surface area contributed by atoms with Crippen LogP contribution in [0.2, 0.25) is 0 Å². The predicted octanol–water partition coefficient (Wildman–Crippen LogP) is 6.14. The average Bonchev–Trinajstić information content (AvgIpc) is 3.44. The minimum Gasteiger partial charge on any atom is -0.461 e. The van der Waals surface area contributed by atoms with Crippen LogP contribution in [0.25, 0.3) is 0 Å². The Kier molecular flexibility index (Phi) is 9.89. The number of nitrogens with one attached hydrogen (secondary N) is 2. The molecular weight excluding hydrogens is 392 g/mol. The molecule has 2 heterocycles. The zero-order valence-electron chi connectivity index (χ0n) is 19.5. The van der Waals surface area contributed by atoms with E-state index in [1.807, 2.05) is 12.1 Å². The van der Waals surface area contributed by atoms with Gasteiger partial charge in [0.25, 0.3) is 0 Å². The second-order valence-corrected chi connectivity index (χ2v) is 8.13. The summed E-state index contributed by atoms with van der Waals surface area (Å²) in [5.41, 5.74) is 2.52. The highest BCUT2D eigenvalue weighted by atomic mass is 16.5. The number of aromatic amines is 2. The van der Waals surface area contributed by atoms with E-state index >= 15 is 0 Å². The van der Waals surface area contributed by atoms with Gasteiger partial charge in [-0.15, -0.1) is 0 Å². The van der Waals surface area contributed by atoms with Crippen molar-refractivity contribution in [1.29, 1.82) is 0 Å². The van der Waals surface area contributed by atoms with Gasteiger partial charge in [0.15, 0.2) is 0 Å². The molecule has 0 aliphatic heterocycles. The number of carbonyl (C=O) groups excluding carboxylic acids is 2. The van der Waals surface area contributed by atoms with E-state index in [0.717, 1.165) is 62.8 Å². The lowest BCUT2D eigenvalue weighted by Gasteiger charge is -2.32. The molecule has 6 nitrogen and oxygen atoms in total. The third kappa shape index (κ3) is 6.25. The number of H-pyrrole nitrogens is 2. The van der Waals surface area contributed by atoms with E-state index in [9.17, 15) is 9.59 Å². The monoisotopic (exact) mass is 430 g/mol. The molecule has 0 atom stereocenters. The average molecular weight is 431 g/mol. The molecule has 0 aromatic carbocycles. The molecule has 0 bridgehead atoms. The molecule has 2 aromatic rings. The van der Waals surface area contributed by atoms with Crippen LogP contribution in [0.3, 0.4) is 0 Å². The van der Waals surface area contributed by atoms with E-state index in [2.05, 4.69) is 37.7 Å². The first-order valence-electron chi connectivity index (χ1n) is 11.8. The van der Waals surface area contributed by atoms with Gasteiger partial charge in [0.05, 0.1) is 18.6 Å². The van der Waals surface area contributed by atoms with Gasteiger partial charge in [-0.05, 0) is 49.9 Å². The molecule has 0 amide bonds. The molecule has 0 spiro atoms. The zero-order valence-corrected chi connectivity index (χ0v) is 19.5. The molecule has 0 aliphatic rings. The molecule has 0 aliphatic carbocycles. The fourth-order valence-corrected chi connectivity index (χ4v) is 4.02. The molecule has 2 aromatic heterocycles. The summed E-state index contributed by atoms with van der Waals surface area (Å²) in [6.45, 7) is 9.29. The number of esters is 2.